The molecule has 1 unspecified atom stereocenters. The molecule has 2 N–H and O–H groups in total. The summed E-state index contributed by atoms with van der Waals surface area (Å²) >= 11 is 0. The molecule has 1 atom stereocenters. The Kier molecular flexibility index (Phi) is 1.60. The fourth-order valence-corrected chi connectivity index (χ4v) is 1.40. The molecular formula is C9H8FNO2. The van der Waals surface area contributed by atoms with Crippen LogP contribution in [0.15, 0.2) is 12.1 Å². The number of carbonyl (C=O) groups excluding carboxylic acids is 1. The number of hydrogen-bond donors (Lipinski definition) is 2. The van der Waals surface area contributed by atoms with E-state index in [0.29, 0.717) is 16.7 Å². The van der Waals surface area contributed by atoms with Gasteiger partial charge in [-0.2, -0.15) is 0 Å². The summed E-state index contributed by atoms with van der Waals surface area (Å²) in [5, 5.41) is 11.6. The Bertz CT molecular complexity index is 389. The van der Waals surface area contributed by atoms with E-state index in [-0.39, 0.29) is 5.91 Å². The average molecular weight is 181 g/mol. The molecule has 0 aromatic heterocycles. The fraction of sp³-hybridized carbons (Fsp3) is 0.222. The maximum Gasteiger partial charge on any atom is 0.253 e. The van der Waals surface area contributed by atoms with Crippen molar-refractivity contribution in [3.8, 4) is 0 Å². The Balaban J connectivity index is 2.65. The van der Waals surface area contributed by atoms with Gasteiger partial charge < -0.3 is 10.4 Å². The first-order valence-electron chi connectivity index (χ1n) is 3.88. The zero-order valence-corrected chi connectivity index (χ0v) is 6.97. The van der Waals surface area contributed by atoms with Crippen LogP contribution < -0.4 is 5.32 Å². The summed E-state index contributed by atoms with van der Waals surface area (Å²) < 4.78 is 13.0. The molecule has 4 heteroatoms. The summed E-state index contributed by atoms with van der Waals surface area (Å²) in [4.78, 5) is 11.1. The van der Waals surface area contributed by atoms with Crippen molar-refractivity contribution in [1.82, 2.24) is 5.32 Å². The van der Waals surface area contributed by atoms with Crippen molar-refractivity contribution in [3.05, 3.63) is 34.6 Å². The van der Waals surface area contributed by atoms with Gasteiger partial charge >= 0.3 is 0 Å². The Morgan fingerprint density at radius 2 is 2.23 bits per heavy atom. The molecule has 13 heavy (non-hydrogen) atoms. The Hall–Kier alpha value is -1.42. The number of halogens is 1. The van der Waals surface area contributed by atoms with Gasteiger partial charge in [0.1, 0.15) is 5.82 Å². The Morgan fingerprint density at radius 3 is 2.92 bits per heavy atom. The van der Waals surface area contributed by atoms with Crippen LogP contribution in [0.1, 0.15) is 27.7 Å². The molecule has 1 aliphatic heterocycles. The van der Waals surface area contributed by atoms with Gasteiger partial charge in [0, 0.05) is 11.1 Å². The SMILES string of the molecule is Cc1cc2c(cc1F)C(O)NC2=O. The van der Waals surface area contributed by atoms with Gasteiger partial charge in [0.2, 0.25) is 0 Å². The van der Waals surface area contributed by atoms with Crippen LogP contribution in [0.4, 0.5) is 4.39 Å². The van der Waals surface area contributed by atoms with Gasteiger partial charge in [-0.3, -0.25) is 4.79 Å². The highest BCUT2D eigenvalue weighted by Gasteiger charge is 2.27. The molecule has 0 radical (unpaired) electrons. The topological polar surface area (TPSA) is 49.3 Å². The van der Waals surface area contributed by atoms with Gasteiger partial charge in [0.25, 0.3) is 5.91 Å². The number of nitrogens with one attached hydrogen (secondary N) is 1. The molecule has 0 bridgehead atoms. The highest BCUT2D eigenvalue weighted by molar-refractivity contribution is 5.99. The van der Waals surface area contributed by atoms with Crippen LogP contribution >= 0.6 is 0 Å². The van der Waals surface area contributed by atoms with Gasteiger partial charge in [-0.25, -0.2) is 4.39 Å². The average Bonchev–Trinajstić information content (AvgIpc) is 2.31. The van der Waals surface area contributed by atoms with Crippen molar-refractivity contribution in [2.75, 3.05) is 0 Å². The minimum Gasteiger partial charge on any atom is -0.369 e. The minimum atomic E-state index is -1.07. The third kappa shape index (κ3) is 1.10. The summed E-state index contributed by atoms with van der Waals surface area (Å²) in [6.45, 7) is 1.58. The number of benzene rings is 1. The van der Waals surface area contributed by atoms with E-state index in [9.17, 15) is 14.3 Å². The molecule has 68 valence electrons. The Labute approximate surface area is 74.2 Å². The number of carbonyl (C=O) groups is 1. The molecule has 0 aliphatic carbocycles. The molecular weight excluding hydrogens is 173 g/mol. The lowest BCUT2D eigenvalue weighted by molar-refractivity contribution is 0.0850. The van der Waals surface area contributed by atoms with Crippen molar-refractivity contribution >= 4 is 5.91 Å². The smallest absolute Gasteiger partial charge is 0.253 e. The van der Waals surface area contributed by atoms with Gasteiger partial charge in [-0.05, 0) is 24.6 Å². The maximum absolute atomic E-state index is 13.0. The number of hydrogen-bond acceptors (Lipinski definition) is 2. The number of aliphatic hydroxyl groups excluding tert-OH is 1. The van der Waals surface area contributed by atoms with Crippen molar-refractivity contribution < 1.29 is 14.3 Å². The van der Waals surface area contributed by atoms with Gasteiger partial charge in [-0.1, -0.05) is 0 Å². The minimum absolute atomic E-state index is 0.313. The number of fused-ring (bicyclic) bond motifs is 1. The number of rotatable bonds is 0. The lowest BCUT2D eigenvalue weighted by Gasteiger charge is -2.03. The molecule has 0 fully saturated rings. The van der Waals surface area contributed by atoms with Crippen molar-refractivity contribution in [2.24, 2.45) is 0 Å². The number of aliphatic hydroxyl groups is 1. The highest BCUT2D eigenvalue weighted by Crippen LogP contribution is 2.25. The number of aryl methyl sites for hydroxylation is 1. The van der Waals surface area contributed by atoms with Crippen LogP contribution in [0.3, 0.4) is 0 Å². The summed E-state index contributed by atoms with van der Waals surface area (Å²) in [5.41, 5.74) is 1.07. The quantitative estimate of drug-likeness (QED) is 0.623. The summed E-state index contributed by atoms with van der Waals surface area (Å²) in [7, 11) is 0. The second-order valence-corrected chi connectivity index (χ2v) is 3.06. The molecule has 0 saturated heterocycles. The molecule has 1 heterocycles. The van der Waals surface area contributed by atoms with E-state index in [1.807, 2.05) is 0 Å². The van der Waals surface area contributed by atoms with Crippen LogP contribution in [0.25, 0.3) is 0 Å². The normalized spacial score (nSPS) is 19.9. The molecule has 0 spiro atoms. The molecule has 0 saturated carbocycles. The van der Waals surface area contributed by atoms with Crippen molar-refractivity contribution in [3.63, 3.8) is 0 Å². The third-order valence-electron chi connectivity index (χ3n) is 2.14. The second kappa shape index (κ2) is 2.53. The van der Waals surface area contributed by atoms with Crippen LogP contribution in [0, 0.1) is 12.7 Å². The first-order chi connectivity index (χ1) is 6.09. The van der Waals surface area contributed by atoms with Gasteiger partial charge in [0.15, 0.2) is 6.23 Å². The second-order valence-electron chi connectivity index (χ2n) is 3.06. The third-order valence-corrected chi connectivity index (χ3v) is 2.14. The van der Waals surface area contributed by atoms with E-state index < -0.39 is 12.0 Å². The lowest BCUT2D eigenvalue weighted by Crippen LogP contribution is -2.17. The standard InChI is InChI=1S/C9H8FNO2/c1-4-2-5-6(3-7(4)10)9(13)11-8(5)12/h2-3,9,13H,1H3,(H,11,12). The first-order valence-corrected chi connectivity index (χ1v) is 3.88. The van der Waals surface area contributed by atoms with Crippen molar-refractivity contribution in [2.45, 2.75) is 13.2 Å². The molecule has 1 aromatic carbocycles. The lowest BCUT2D eigenvalue weighted by atomic mass is 10.1. The van der Waals surface area contributed by atoms with E-state index >= 15 is 0 Å². The van der Waals surface area contributed by atoms with Crippen molar-refractivity contribution in [1.29, 1.82) is 0 Å². The predicted octanol–water partition coefficient (Wildman–Crippen LogP) is 0.868. The first kappa shape index (κ1) is 8.19. The van der Waals surface area contributed by atoms with E-state index in [1.165, 1.54) is 12.1 Å². The van der Waals surface area contributed by atoms with Crippen LogP contribution in [0.2, 0.25) is 0 Å². The molecule has 3 nitrogen and oxygen atoms in total. The van der Waals surface area contributed by atoms with Crippen LogP contribution in [0.5, 0.6) is 0 Å². The van der Waals surface area contributed by atoms with E-state index in [4.69, 9.17) is 0 Å². The highest BCUT2D eigenvalue weighted by atomic mass is 19.1. The molecule has 1 amide bonds. The maximum atomic E-state index is 13.0. The zero-order valence-electron chi connectivity index (χ0n) is 6.97. The van der Waals surface area contributed by atoms with E-state index in [0.717, 1.165) is 0 Å². The summed E-state index contributed by atoms with van der Waals surface area (Å²) in [6.07, 6.45) is -1.07. The van der Waals surface area contributed by atoms with Crippen LogP contribution in [-0.2, 0) is 0 Å². The van der Waals surface area contributed by atoms with E-state index in [2.05, 4.69) is 5.32 Å². The van der Waals surface area contributed by atoms with Gasteiger partial charge in [-0.15, -0.1) is 0 Å². The molecule has 2 rings (SSSR count). The van der Waals surface area contributed by atoms with E-state index in [1.54, 1.807) is 6.92 Å². The van der Waals surface area contributed by atoms with Gasteiger partial charge in [0.05, 0.1) is 0 Å². The van der Waals surface area contributed by atoms with Crippen LogP contribution in [-0.4, -0.2) is 11.0 Å². The summed E-state index contributed by atoms with van der Waals surface area (Å²) in [5.74, 6) is -0.764. The fourth-order valence-electron chi connectivity index (χ4n) is 1.40. The largest absolute Gasteiger partial charge is 0.369 e. The monoisotopic (exact) mass is 181 g/mol. The predicted molar refractivity (Wildman–Crippen MR) is 43.6 cm³/mol. The Morgan fingerprint density at radius 1 is 1.54 bits per heavy atom. The molecule has 1 aliphatic rings. The summed E-state index contributed by atoms with van der Waals surface area (Å²) in [6, 6.07) is 2.63. The number of amides is 1. The zero-order chi connectivity index (χ0) is 9.59. The molecule has 1 aromatic rings.